The summed E-state index contributed by atoms with van der Waals surface area (Å²) in [5, 5.41) is 0. The van der Waals surface area contributed by atoms with Gasteiger partial charge < -0.3 is 14.2 Å². The van der Waals surface area contributed by atoms with E-state index in [1.807, 2.05) is 0 Å². The largest absolute Gasteiger partial charge is 0.462 e. The van der Waals surface area contributed by atoms with Crippen molar-refractivity contribution in [2.75, 3.05) is 13.2 Å². The highest BCUT2D eigenvalue weighted by atomic mass is 16.6. The van der Waals surface area contributed by atoms with E-state index in [2.05, 4.69) is 57.2 Å². The number of ether oxygens (including phenoxy) is 3. The van der Waals surface area contributed by atoms with Gasteiger partial charge in [0.1, 0.15) is 13.2 Å². The van der Waals surface area contributed by atoms with Crippen LogP contribution in [0.25, 0.3) is 0 Å². The van der Waals surface area contributed by atoms with Gasteiger partial charge in [-0.2, -0.15) is 0 Å². The van der Waals surface area contributed by atoms with Crippen LogP contribution in [0.3, 0.4) is 0 Å². The second-order valence-electron chi connectivity index (χ2n) is 21.4. The third-order valence-electron chi connectivity index (χ3n) is 14.1. The monoisotopic (exact) mass is 997 g/mol. The zero-order valence-electron chi connectivity index (χ0n) is 47.8. The normalized spacial score (nSPS) is 12.2. The molecule has 0 aliphatic rings. The highest BCUT2D eigenvalue weighted by Crippen LogP contribution is 2.17. The standard InChI is InChI=1S/C65H120O6/c1-4-7-10-13-16-19-22-25-28-31-32-35-37-40-43-46-49-52-55-58-64(67)70-61-62(71-65(68)59-56-53-50-47-44-41-38-34-30-27-24-21-18-15-12-9-6-3)60-69-63(66)57-54-51-48-45-42-39-36-33-29-26-23-20-17-14-11-8-5-2/h16,19,22,25,27,30,62H,4-15,17-18,20-21,23-24,26,28-29,31-61H2,1-3H3/b19-16-,25-22-,30-27-. The summed E-state index contributed by atoms with van der Waals surface area (Å²) in [6.07, 6.45) is 72.8. The Hall–Kier alpha value is -2.37. The van der Waals surface area contributed by atoms with Crippen molar-refractivity contribution in [3.05, 3.63) is 36.5 Å². The van der Waals surface area contributed by atoms with Crippen LogP contribution in [0.5, 0.6) is 0 Å². The van der Waals surface area contributed by atoms with Gasteiger partial charge in [0.05, 0.1) is 0 Å². The molecule has 416 valence electrons. The molecule has 0 saturated heterocycles. The van der Waals surface area contributed by atoms with Crippen LogP contribution < -0.4 is 0 Å². The van der Waals surface area contributed by atoms with Gasteiger partial charge >= 0.3 is 17.9 Å². The summed E-state index contributed by atoms with van der Waals surface area (Å²) in [6.45, 7) is 6.66. The minimum Gasteiger partial charge on any atom is -0.462 e. The zero-order valence-corrected chi connectivity index (χ0v) is 47.8. The van der Waals surface area contributed by atoms with Crippen LogP contribution in [0.4, 0.5) is 0 Å². The minimum absolute atomic E-state index is 0.0705. The smallest absolute Gasteiger partial charge is 0.306 e. The lowest BCUT2D eigenvalue weighted by atomic mass is 10.0. The molecule has 71 heavy (non-hydrogen) atoms. The first-order valence-electron chi connectivity index (χ1n) is 31.5. The summed E-state index contributed by atoms with van der Waals surface area (Å²) in [5.74, 6) is -0.855. The number of allylic oxidation sites excluding steroid dienone is 6. The highest BCUT2D eigenvalue weighted by Gasteiger charge is 2.19. The molecule has 0 aromatic heterocycles. The molecule has 1 atom stereocenters. The quantitative estimate of drug-likeness (QED) is 0.0199. The van der Waals surface area contributed by atoms with Crippen LogP contribution in [0, 0.1) is 0 Å². The molecule has 0 amide bonds. The average Bonchev–Trinajstić information content (AvgIpc) is 3.37. The Morgan fingerprint density at radius 3 is 0.817 bits per heavy atom. The van der Waals surface area contributed by atoms with Crippen molar-refractivity contribution in [2.24, 2.45) is 0 Å². The molecule has 0 heterocycles. The third-order valence-corrected chi connectivity index (χ3v) is 14.1. The topological polar surface area (TPSA) is 78.9 Å². The van der Waals surface area contributed by atoms with Crippen molar-refractivity contribution in [2.45, 2.75) is 348 Å². The molecule has 6 heteroatoms. The lowest BCUT2D eigenvalue weighted by Crippen LogP contribution is -2.30. The number of rotatable bonds is 58. The molecule has 0 fully saturated rings. The Balaban J connectivity index is 4.34. The number of esters is 3. The summed E-state index contributed by atoms with van der Waals surface area (Å²) < 4.78 is 16.9. The van der Waals surface area contributed by atoms with Crippen molar-refractivity contribution in [3.63, 3.8) is 0 Å². The van der Waals surface area contributed by atoms with Crippen LogP contribution in [0.15, 0.2) is 36.5 Å². The van der Waals surface area contributed by atoms with Crippen molar-refractivity contribution in [1.29, 1.82) is 0 Å². The van der Waals surface area contributed by atoms with Gasteiger partial charge in [-0.1, -0.05) is 288 Å². The van der Waals surface area contributed by atoms with Crippen molar-refractivity contribution in [1.82, 2.24) is 0 Å². The number of carbonyl (C=O) groups is 3. The van der Waals surface area contributed by atoms with Gasteiger partial charge in [0.2, 0.25) is 0 Å². The summed E-state index contributed by atoms with van der Waals surface area (Å²) >= 11 is 0. The van der Waals surface area contributed by atoms with E-state index in [-0.39, 0.29) is 31.1 Å². The molecule has 0 spiro atoms. The summed E-state index contributed by atoms with van der Waals surface area (Å²) in [7, 11) is 0. The number of unbranched alkanes of at least 4 members (excludes halogenated alkanes) is 42. The molecule has 6 nitrogen and oxygen atoms in total. The highest BCUT2D eigenvalue weighted by molar-refractivity contribution is 5.71. The molecule has 0 radical (unpaired) electrons. The van der Waals surface area contributed by atoms with Crippen LogP contribution >= 0.6 is 0 Å². The van der Waals surface area contributed by atoms with Crippen molar-refractivity contribution < 1.29 is 28.6 Å². The van der Waals surface area contributed by atoms with Gasteiger partial charge in [-0.25, -0.2) is 0 Å². The van der Waals surface area contributed by atoms with Crippen LogP contribution in [-0.4, -0.2) is 37.2 Å². The van der Waals surface area contributed by atoms with Gasteiger partial charge in [0.25, 0.3) is 0 Å². The molecule has 0 rings (SSSR count). The zero-order chi connectivity index (χ0) is 51.4. The van der Waals surface area contributed by atoms with Gasteiger partial charge in [-0.05, 0) is 70.6 Å². The number of carbonyl (C=O) groups excluding carboxylic acids is 3. The second kappa shape index (κ2) is 60.2. The van der Waals surface area contributed by atoms with Gasteiger partial charge in [-0.15, -0.1) is 0 Å². The Labute approximate surface area is 442 Å². The fourth-order valence-electron chi connectivity index (χ4n) is 9.37. The van der Waals surface area contributed by atoms with E-state index >= 15 is 0 Å². The Morgan fingerprint density at radius 2 is 0.507 bits per heavy atom. The van der Waals surface area contributed by atoms with E-state index in [4.69, 9.17) is 14.2 Å². The van der Waals surface area contributed by atoms with Crippen LogP contribution in [-0.2, 0) is 28.6 Å². The maximum absolute atomic E-state index is 12.9. The fourth-order valence-corrected chi connectivity index (χ4v) is 9.37. The summed E-state index contributed by atoms with van der Waals surface area (Å²) in [5.41, 5.74) is 0. The Morgan fingerprint density at radius 1 is 0.282 bits per heavy atom. The van der Waals surface area contributed by atoms with Crippen LogP contribution in [0.2, 0.25) is 0 Å². The van der Waals surface area contributed by atoms with Gasteiger partial charge in [0.15, 0.2) is 6.10 Å². The molecule has 0 bridgehead atoms. The Kier molecular flexibility index (Phi) is 58.2. The molecule has 0 N–H and O–H groups in total. The predicted octanol–water partition coefficient (Wildman–Crippen LogP) is 21.2. The van der Waals surface area contributed by atoms with Crippen molar-refractivity contribution >= 4 is 17.9 Å². The molecule has 0 aliphatic heterocycles. The number of hydrogen-bond donors (Lipinski definition) is 0. The molecule has 0 aliphatic carbocycles. The maximum Gasteiger partial charge on any atom is 0.306 e. The Bertz CT molecular complexity index is 1190. The second-order valence-corrected chi connectivity index (χ2v) is 21.4. The van der Waals surface area contributed by atoms with E-state index in [1.165, 1.54) is 244 Å². The first-order valence-corrected chi connectivity index (χ1v) is 31.5. The molecular weight excluding hydrogens is 877 g/mol. The molecule has 1 unspecified atom stereocenters. The van der Waals surface area contributed by atoms with Gasteiger partial charge in [0, 0.05) is 19.3 Å². The van der Waals surface area contributed by atoms with E-state index in [1.54, 1.807) is 0 Å². The van der Waals surface area contributed by atoms with Gasteiger partial charge in [-0.3, -0.25) is 14.4 Å². The van der Waals surface area contributed by atoms with Crippen molar-refractivity contribution in [3.8, 4) is 0 Å². The maximum atomic E-state index is 12.9. The predicted molar refractivity (Wildman–Crippen MR) is 307 cm³/mol. The first-order chi connectivity index (χ1) is 35.0. The molecule has 0 saturated carbocycles. The van der Waals surface area contributed by atoms with Crippen LogP contribution in [0.1, 0.15) is 342 Å². The fraction of sp³-hybridized carbons (Fsp3) is 0.862. The first kappa shape index (κ1) is 68.6. The minimum atomic E-state index is -0.774. The van der Waals surface area contributed by atoms with E-state index in [0.29, 0.717) is 19.3 Å². The SMILES string of the molecule is CCCCC/C=C\C=C/CCCCCCCCCCCCC(=O)OCC(COC(=O)CCCCCCCCCCCCCCCCCCC)OC(=O)CCCCCCCCC/C=C\CCCCCCCC. The van der Waals surface area contributed by atoms with E-state index in [9.17, 15) is 14.4 Å². The molecule has 0 aromatic carbocycles. The average molecular weight is 998 g/mol. The van der Waals surface area contributed by atoms with E-state index in [0.717, 1.165) is 57.8 Å². The van der Waals surface area contributed by atoms with E-state index < -0.39 is 6.10 Å². The lowest BCUT2D eigenvalue weighted by Gasteiger charge is -2.18. The summed E-state index contributed by atoms with van der Waals surface area (Å²) in [6, 6.07) is 0. The lowest BCUT2D eigenvalue weighted by molar-refractivity contribution is -0.167. The number of hydrogen-bond acceptors (Lipinski definition) is 6. The molecule has 0 aromatic rings. The summed E-state index contributed by atoms with van der Waals surface area (Å²) in [4.78, 5) is 38.3. The third kappa shape index (κ3) is 58.4. The molecular formula is C65H120O6.